The number of rotatable bonds is 6. The van der Waals surface area contributed by atoms with Crippen molar-refractivity contribution in [1.82, 2.24) is 4.90 Å². The van der Waals surface area contributed by atoms with Crippen LogP contribution in [0.4, 0.5) is 4.39 Å². The molecule has 1 aromatic carbocycles. The maximum Gasteiger partial charge on any atom is 0.264 e. The van der Waals surface area contributed by atoms with E-state index in [1.165, 1.54) is 11.0 Å². The number of nitrogens with zero attached hydrogens (tertiary/aromatic N) is 2. The number of ether oxygens (including phenoxy) is 2. The van der Waals surface area contributed by atoms with Gasteiger partial charge in [0.25, 0.3) is 5.91 Å². The molecule has 0 bridgehead atoms. The van der Waals surface area contributed by atoms with Crippen LogP contribution < -0.4 is 4.74 Å². The first-order valence-electron chi connectivity index (χ1n) is 6.76. The van der Waals surface area contributed by atoms with E-state index in [9.17, 15) is 9.18 Å². The van der Waals surface area contributed by atoms with Gasteiger partial charge in [0.15, 0.2) is 17.7 Å². The second-order valence-electron chi connectivity index (χ2n) is 4.76. The normalized spacial score (nSPS) is 16.0. The van der Waals surface area contributed by atoms with Crippen LogP contribution in [0.1, 0.15) is 12.0 Å². The largest absolute Gasteiger partial charge is 0.477 e. The molecule has 1 amide bonds. The molecule has 0 aliphatic carbocycles. The van der Waals surface area contributed by atoms with Crippen LogP contribution in [0.2, 0.25) is 0 Å². The number of halogens is 1. The van der Waals surface area contributed by atoms with Crippen molar-refractivity contribution in [2.75, 3.05) is 26.8 Å². The predicted octanol–water partition coefficient (Wildman–Crippen LogP) is 1.52. The van der Waals surface area contributed by atoms with E-state index in [1.54, 1.807) is 19.2 Å². The Hall–Kier alpha value is -2.13. The summed E-state index contributed by atoms with van der Waals surface area (Å²) in [6, 6.07) is 6.67. The average molecular weight is 292 g/mol. The number of amides is 1. The first-order chi connectivity index (χ1) is 10.2. The molecular formula is C15H17FN2O3. The second-order valence-corrected chi connectivity index (χ2v) is 4.76. The van der Waals surface area contributed by atoms with Gasteiger partial charge in [-0.2, -0.15) is 5.26 Å². The van der Waals surface area contributed by atoms with Gasteiger partial charge in [-0.1, -0.05) is 12.1 Å². The third-order valence-electron chi connectivity index (χ3n) is 3.36. The monoisotopic (exact) mass is 292 g/mol. The summed E-state index contributed by atoms with van der Waals surface area (Å²) in [6.07, 6.45) is -0.140. The lowest BCUT2D eigenvalue weighted by Crippen LogP contribution is -2.43. The quantitative estimate of drug-likeness (QED) is 0.797. The van der Waals surface area contributed by atoms with Crippen LogP contribution in [0.15, 0.2) is 18.2 Å². The molecule has 0 spiro atoms. The zero-order valence-electron chi connectivity index (χ0n) is 11.8. The van der Waals surface area contributed by atoms with E-state index in [-0.39, 0.29) is 18.1 Å². The SMILES string of the molecule is COCCN(CCC#N)C(=O)[C@@H]1Cc2cccc(F)c2O1. The van der Waals surface area contributed by atoms with E-state index >= 15 is 0 Å². The van der Waals surface area contributed by atoms with Gasteiger partial charge >= 0.3 is 0 Å². The van der Waals surface area contributed by atoms with Crippen LogP contribution in [0.3, 0.4) is 0 Å². The smallest absolute Gasteiger partial charge is 0.264 e. The zero-order chi connectivity index (χ0) is 15.2. The fourth-order valence-electron chi connectivity index (χ4n) is 2.29. The van der Waals surface area contributed by atoms with Gasteiger partial charge in [-0.05, 0) is 6.07 Å². The maximum atomic E-state index is 13.6. The topological polar surface area (TPSA) is 62.6 Å². The van der Waals surface area contributed by atoms with Gasteiger partial charge in [-0.3, -0.25) is 4.79 Å². The van der Waals surface area contributed by atoms with Gasteiger partial charge in [0.2, 0.25) is 0 Å². The third kappa shape index (κ3) is 3.50. The Kier molecular flexibility index (Phi) is 5.12. The van der Waals surface area contributed by atoms with E-state index in [2.05, 4.69) is 0 Å². The molecule has 0 fully saturated rings. The van der Waals surface area contributed by atoms with Crippen LogP contribution in [0.5, 0.6) is 5.75 Å². The molecule has 0 saturated carbocycles. The van der Waals surface area contributed by atoms with Crippen molar-refractivity contribution in [3.05, 3.63) is 29.6 Å². The molecule has 5 nitrogen and oxygen atoms in total. The summed E-state index contributed by atoms with van der Waals surface area (Å²) in [5.41, 5.74) is 0.695. The Bertz CT molecular complexity index is 556. The van der Waals surface area contributed by atoms with Crippen LogP contribution in [0, 0.1) is 17.1 Å². The highest BCUT2D eigenvalue weighted by molar-refractivity contribution is 5.82. The first-order valence-corrected chi connectivity index (χ1v) is 6.76. The molecule has 21 heavy (non-hydrogen) atoms. The molecule has 6 heteroatoms. The van der Waals surface area contributed by atoms with Crippen LogP contribution in [-0.4, -0.2) is 43.7 Å². The summed E-state index contributed by atoms with van der Waals surface area (Å²) in [4.78, 5) is 14.0. The number of methoxy groups -OCH3 is 1. The van der Waals surface area contributed by atoms with Gasteiger partial charge in [0.1, 0.15) is 0 Å². The van der Waals surface area contributed by atoms with Crippen molar-refractivity contribution >= 4 is 5.91 Å². The summed E-state index contributed by atoms with van der Waals surface area (Å²) in [5.74, 6) is -0.538. The lowest BCUT2D eigenvalue weighted by Gasteiger charge is -2.24. The average Bonchev–Trinajstić information content (AvgIpc) is 2.92. The van der Waals surface area contributed by atoms with Crippen LogP contribution in [0.25, 0.3) is 0 Å². The molecule has 1 aliphatic rings. The standard InChI is InChI=1S/C15H17FN2O3/c1-20-9-8-18(7-3-6-17)15(19)13-10-11-4-2-5-12(16)14(11)21-13/h2,4-5,13H,3,7-10H2,1H3/t13-/m0/s1. The van der Waals surface area contributed by atoms with Gasteiger partial charge in [0.05, 0.1) is 19.1 Å². The number of hydrogen-bond donors (Lipinski definition) is 0. The van der Waals surface area contributed by atoms with E-state index in [0.29, 0.717) is 31.7 Å². The summed E-state index contributed by atoms with van der Waals surface area (Å²) in [7, 11) is 1.55. The van der Waals surface area contributed by atoms with Gasteiger partial charge in [-0.15, -0.1) is 0 Å². The molecule has 0 unspecified atom stereocenters. The van der Waals surface area contributed by atoms with Gasteiger partial charge in [-0.25, -0.2) is 4.39 Å². The molecule has 0 saturated heterocycles. The van der Waals surface area contributed by atoms with Crippen LogP contribution in [-0.2, 0) is 16.0 Å². The molecule has 112 valence electrons. The number of para-hydroxylation sites is 1. The Morgan fingerprint density at radius 2 is 2.38 bits per heavy atom. The number of benzene rings is 1. The minimum absolute atomic E-state index is 0.155. The number of nitriles is 1. The van der Waals surface area contributed by atoms with E-state index in [4.69, 9.17) is 14.7 Å². The number of hydrogen-bond acceptors (Lipinski definition) is 4. The Labute approximate surface area is 122 Å². The number of carbonyl (C=O) groups excluding carboxylic acids is 1. The molecule has 0 aromatic heterocycles. The number of carbonyl (C=O) groups is 1. The van der Waals surface area contributed by atoms with Crippen molar-refractivity contribution in [2.24, 2.45) is 0 Å². The van der Waals surface area contributed by atoms with Crippen molar-refractivity contribution in [3.8, 4) is 11.8 Å². The highest BCUT2D eigenvalue weighted by Crippen LogP contribution is 2.32. The van der Waals surface area contributed by atoms with E-state index in [1.807, 2.05) is 6.07 Å². The minimum Gasteiger partial charge on any atom is -0.477 e. The molecule has 1 aromatic rings. The van der Waals surface area contributed by atoms with Crippen molar-refractivity contribution in [3.63, 3.8) is 0 Å². The maximum absolute atomic E-state index is 13.6. The lowest BCUT2D eigenvalue weighted by atomic mass is 10.1. The Balaban J connectivity index is 2.05. The fourth-order valence-corrected chi connectivity index (χ4v) is 2.29. The number of fused-ring (bicyclic) bond motifs is 1. The predicted molar refractivity (Wildman–Crippen MR) is 73.2 cm³/mol. The Morgan fingerprint density at radius 1 is 1.57 bits per heavy atom. The highest BCUT2D eigenvalue weighted by Gasteiger charge is 2.33. The summed E-state index contributed by atoms with van der Waals surface area (Å²) >= 11 is 0. The second kappa shape index (κ2) is 7.04. The van der Waals surface area contributed by atoms with E-state index in [0.717, 1.165) is 0 Å². The highest BCUT2D eigenvalue weighted by atomic mass is 19.1. The first kappa shape index (κ1) is 15.3. The molecule has 2 rings (SSSR count). The fraction of sp³-hybridized carbons (Fsp3) is 0.467. The molecule has 1 heterocycles. The molecular weight excluding hydrogens is 275 g/mol. The minimum atomic E-state index is -0.729. The van der Waals surface area contributed by atoms with Crippen LogP contribution >= 0.6 is 0 Å². The Morgan fingerprint density at radius 3 is 3.05 bits per heavy atom. The zero-order valence-corrected chi connectivity index (χ0v) is 11.8. The molecule has 1 atom stereocenters. The van der Waals surface area contributed by atoms with E-state index < -0.39 is 11.9 Å². The summed E-state index contributed by atoms with van der Waals surface area (Å²) in [6.45, 7) is 1.08. The van der Waals surface area contributed by atoms with Crippen molar-refractivity contribution < 1.29 is 18.7 Å². The lowest BCUT2D eigenvalue weighted by molar-refractivity contribution is -0.138. The van der Waals surface area contributed by atoms with Crippen molar-refractivity contribution in [1.29, 1.82) is 5.26 Å². The molecule has 0 radical (unpaired) electrons. The summed E-state index contributed by atoms with van der Waals surface area (Å²) in [5, 5.41) is 8.67. The molecule has 1 aliphatic heterocycles. The third-order valence-corrected chi connectivity index (χ3v) is 3.36. The van der Waals surface area contributed by atoms with Gasteiger partial charge < -0.3 is 14.4 Å². The van der Waals surface area contributed by atoms with Crippen molar-refractivity contribution in [2.45, 2.75) is 18.9 Å². The van der Waals surface area contributed by atoms with Gasteiger partial charge in [0, 0.05) is 32.2 Å². The molecule has 0 N–H and O–H groups in total. The summed E-state index contributed by atoms with van der Waals surface area (Å²) < 4.78 is 24.0.